The number of hydrogen-bond donors (Lipinski definition) is 1. The summed E-state index contributed by atoms with van der Waals surface area (Å²) in [7, 11) is 0. The fourth-order valence-corrected chi connectivity index (χ4v) is 1.06. The van der Waals surface area contributed by atoms with Gasteiger partial charge in [-0.15, -0.1) is 9.73 Å². The number of azide groups is 1. The van der Waals surface area contributed by atoms with Crippen LogP contribution >= 0.6 is 0 Å². The molecule has 2 aromatic heterocycles. The van der Waals surface area contributed by atoms with E-state index in [0.717, 1.165) is 4.63 Å². The van der Waals surface area contributed by atoms with E-state index >= 15 is 0 Å². The zero-order chi connectivity index (χ0) is 11.7. The van der Waals surface area contributed by atoms with E-state index in [2.05, 4.69) is 30.7 Å². The molecular formula is C4H2N10O2. The van der Waals surface area contributed by atoms with Crippen LogP contribution in [-0.2, 0) is 0 Å². The van der Waals surface area contributed by atoms with Crippen LogP contribution in [0.2, 0.25) is 0 Å². The van der Waals surface area contributed by atoms with Crippen molar-refractivity contribution in [3.8, 4) is 0 Å². The Morgan fingerprint density at radius 2 is 2.38 bits per heavy atom. The molecule has 0 aliphatic carbocycles. The molecule has 0 unspecified atom stereocenters. The Bertz CT molecular complexity index is 623. The topological polar surface area (TPSA) is 174 Å². The molecule has 2 N–H and O–H groups in total. The largest absolute Gasteiger partial charge is 0.391 e. The summed E-state index contributed by atoms with van der Waals surface area (Å²) < 4.78 is 0.762. The number of nitro groups is 1. The summed E-state index contributed by atoms with van der Waals surface area (Å²) in [6.45, 7) is 0. The molecular weight excluding hydrogens is 220 g/mol. The van der Waals surface area contributed by atoms with Gasteiger partial charge in [0.05, 0.1) is 4.92 Å². The Morgan fingerprint density at radius 1 is 1.62 bits per heavy atom. The second-order valence-electron chi connectivity index (χ2n) is 2.52. The second-order valence-corrected chi connectivity index (χ2v) is 2.52. The summed E-state index contributed by atoms with van der Waals surface area (Å²) in [6.07, 6.45) is 0. The molecule has 0 saturated carbocycles. The third kappa shape index (κ3) is 1.22. The lowest BCUT2D eigenvalue weighted by Gasteiger charge is -1.99. The standard InChI is InChI=1S/C4H2N10O2/c5-1-2(14(15)16)4-8-11-12-13(4)9-3(1)7-10-6/h5H2. The molecule has 0 aliphatic heterocycles. The molecule has 80 valence electrons. The van der Waals surface area contributed by atoms with Crippen LogP contribution in [0.5, 0.6) is 0 Å². The van der Waals surface area contributed by atoms with Crippen molar-refractivity contribution in [1.82, 2.24) is 25.3 Å². The van der Waals surface area contributed by atoms with Gasteiger partial charge in [0.25, 0.3) is 5.65 Å². The molecule has 0 aliphatic rings. The predicted octanol–water partition coefficient (Wildman–Crippen LogP) is -0.0485. The van der Waals surface area contributed by atoms with Crippen LogP contribution < -0.4 is 5.73 Å². The Kier molecular flexibility index (Phi) is 1.96. The summed E-state index contributed by atoms with van der Waals surface area (Å²) in [4.78, 5) is 12.4. The minimum absolute atomic E-state index is 0.223. The first-order chi connectivity index (χ1) is 7.65. The molecule has 0 bridgehead atoms. The Morgan fingerprint density at radius 3 is 3.00 bits per heavy atom. The first-order valence-corrected chi connectivity index (χ1v) is 3.72. The van der Waals surface area contributed by atoms with Gasteiger partial charge in [-0.1, -0.05) is 5.10 Å². The molecule has 0 spiro atoms. The normalized spacial score (nSPS) is 10.0. The summed E-state index contributed by atoms with van der Waals surface area (Å²) in [6, 6.07) is 0. The van der Waals surface area contributed by atoms with Crippen molar-refractivity contribution in [3.05, 3.63) is 20.6 Å². The maximum atomic E-state index is 10.7. The molecule has 0 fully saturated rings. The van der Waals surface area contributed by atoms with Crippen LogP contribution in [-0.4, -0.2) is 30.2 Å². The third-order valence-corrected chi connectivity index (χ3v) is 1.67. The van der Waals surface area contributed by atoms with Gasteiger partial charge in [0, 0.05) is 4.91 Å². The number of nitrogens with zero attached hydrogens (tertiary/aromatic N) is 9. The van der Waals surface area contributed by atoms with Crippen LogP contribution in [0.15, 0.2) is 5.11 Å². The van der Waals surface area contributed by atoms with Gasteiger partial charge >= 0.3 is 5.69 Å². The minimum atomic E-state index is -0.779. The van der Waals surface area contributed by atoms with Crippen molar-refractivity contribution < 1.29 is 4.92 Å². The van der Waals surface area contributed by atoms with E-state index in [-0.39, 0.29) is 17.2 Å². The summed E-state index contributed by atoms with van der Waals surface area (Å²) >= 11 is 0. The predicted molar refractivity (Wildman–Crippen MR) is 48.4 cm³/mol. The maximum absolute atomic E-state index is 10.7. The van der Waals surface area contributed by atoms with Gasteiger partial charge in [-0.2, -0.15) is 0 Å². The lowest BCUT2D eigenvalue weighted by atomic mass is 10.3. The van der Waals surface area contributed by atoms with E-state index in [0.29, 0.717) is 0 Å². The number of rotatable bonds is 2. The number of hydrogen-bond acceptors (Lipinski definition) is 8. The van der Waals surface area contributed by atoms with E-state index in [1.165, 1.54) is 0 Å². The van der Waals surface area contributed by atoms with E-state index in [4.69, 9.17) is 11.3 Å². The van der Waals surface area contributed by atoms with Crippen molar-refractivity contribution >= 4 is 22.8 Å². The smallest absolute Gasteiger partial charge is 0.342 e. The second kappa shape index (κ2) is 3.29. The Labute approximate surface area is 85.4 Å². The number of nitrogen functional groups attached to an aromatic ring is 1. The third-order valence-electron chi connectivity index (χ3n) is 1.67. The van der Waals surface area contributed by atoms with E-state index in [9.17, 15) is 10.1 Å². The van der Waals surface area contributed by atoms with Crippen LogP contribution in [0.25, 0.3) is 16.1 Å². The highest BCUT2D eigenvalue weighted by molar-refractivity contribution is 5.79. The highest BCUT2D eigenvalue weighted by Gasteiger charge is 2.24. The van der Waals surface area contributed by atoms with Gasteiger partial charge in [0.2, 0.25) is 0 Å². The molecule has 2 heterocycles. The molecule has 12 heteroatoms. The van der Waals surface area contributed by atoms with E-state index < -0.39 is 10.6 Å². The molecule has 0 radical (unpaired) electrons. The number of aromatic nitrogens is 5. The Hall–Kier alpha value is -3.01. The average molecular weight is 222 g/mol. The molecule has 12 nitrogen and oxygen atoms in total. The fourth-order valence-electron chi connectivity index (χ4n) is 1.06. The Balaban J connectivity index is 2.91. The molecule has 0 saturated heterocycles. The van der Waals surface area contributed by atoms with Crippen molar-refractivity contribution in [3.63, 3.8) is 0 Å². The van der Waals surface area contributed by atoms with Crippen molar-refractivity contribution in [1.29, 1.82) is 0 Å². The van der Waals surface area contributed by atoms with Crippen LogP contribution in [0.3, 0.4) is 0 Å². The number of nitrogens with two attached hydrogens (primary N) is 1. The lowest BCUT2D eigenvalue weighted by Crippen LogP contribution is -2.04. The van der Waals surface area contributed by atoms with Crippen LogP contribution in [0, 0.1) is 10.1 Å². The summed E-state index contributed by atoms with van der Waals surface area (Å²) in [5.74, 6) is -0.353. The summed E-state index contributed by atoms with van der Waals surface area (Å²) in [5.41, 5.74) is 12.5. The fraction of sp³-hybridized carbons (Fsp3) is 0. The van der Waals surface area contributed by atoms with Crippen LogP contribution in [0.4, 0.5) is 17.2 Å². The molecule has 0 amide bonds. The zero-order valence-corrected chi connectivity index (χ0v) is 7.42. The number of fused-ring (bicyclic) bond motifs is 1. The first-order valence-electron chi connectivity index (χ1n) is 3.72. The van der Waals surface area contributed by atoms with Gasteiger partial charge < -0.3 is 5.73 Å². The SMILES string of the molecule is [N-]=[N+]=Nc1nn2nnnc2c([N+](=O)[O-])c1N. The average Bonchev–Trinajstić information content (AvgIpc) is 2.66. The number of tetrazole rings is 1. The molecule has 2 aromatic rings. The molecule has 0 aromatic carbocycles. The molecule has 16 heavy (non-hydrogen) atoms. The monoisotopic (exact) mass is 222 g/mol. The van der Waals surface area contributed by atoms with Crippen LogP contribution in [0.1, 0.15) is 0 Å². The zero-order valence-electron chi connectivity index (χ0n) is 7.42. The molecule has 0 atom stereocenters. The van der Waals surface area contributed by atoms with E-state index in [1.807, 2.05) is 0 Å². The van der Waals surface area contributed by atoms with E-state index in [1.54, 1.807) is 0 Å². The van der Waals surface area contributed by atoms with Crippen molar-refractivity contribution in [2.45, 2.75) is 0 Å². The summed E-state index contributed by atoms with van der Waals surface area (Å²) in [5, 5.41) is 27.4. The van der Waals surface area contributed by atoms with Gasteiger partial charge in [-0.05, 0) is 21.1 Å². The van der Waals surface area contributed by atoms with Gasteiger partial charge in [0.15, 0.2) is 5.82 Å². The van der Waals surface area contributed by atoms with Gasteiger partial charge in [-0.25, -0.2) is 0 Å². The minimum Gasteiger partial charge on any atom is -0.391 e. The highest BCUT2D eigenvalue weighted by atomic mass is 16.6. The number of anilines is 1. The molecule has 2 rings (SSSR count). The maximum Gasteiger partial charge on any atom is 0.342 e. The van der Waals surface area contributed by atoms with Gasteiger partial charge in [0.1, 0.15) is 5.69 Å². The van der Waals surface area contributed by atoms with Crippen molar-refractivity contribution in [2.75, 3.05) is 5.73 Å². The van der Waals surface area contributed by atoms with Gasteiger partial charge in [-0.3, -0.25) is 10.1 Å². The quantitative estimate of drug-likeness (QED) is 0.243. The lowest BCUT2D eigenvalue weighted by molar-refractivity contribution is -0.382. The van der Waals surface area contributed by atoms with Crippen molar-refractivity contribution in [2.24, 2.45) is 5.11 Å². The highest BCUT2D eigenvalue weighted by Crippen LogP contribution is 2.31. The first kappa shape index (κ1) is 9.54.